The van der Waals surface area contributed by atoms with Crippen LogP contribution in [0.4, 0.5) is 0 Å². The molecule has 3 nitrogen and oxygen atoms in total. The van der Waals surface area contributed by atoms with Crippen molar-refractivity contribution in [2.75, 3.05) is 0 Å². The Morgan fingerprint density at radius 1 is 1.50 bits per heavy atom. The molecule has 1 saturated carbocycles. The molecule has 0 unspecified atom stereocenters. The fourth-order valence-electron chi connectivity index (χ4n) is 2.24. The van der Waals surface area contributed by atoms with E-state index in [2.05, 4.69) is 32.1 Å². The van der Waals surface area contributed by atoms with Gasteiger partial charge in [0.15, 0.2) is 0 Å². The van der Waals surface area contributed by atoms with Crippen LogP contribution in [-0.2, 0) is 12.5 Å². The Hall–Kier alpha value is -0.830. The van der Waals surface area contributed by atoms with Gasteiger partial charge in [0.2, 0.25) is 0 Å². The molecule has 0 bridgehead atoms. The van der Waals surface area contributed by atoms with Crippen molar-refractivity contribution >= 4 is 0 Å². The number of nitrogens with zero attached hydrogens (tertiary/aromatic N) is 2. The lowest BCUT2D eigenvalue weighted by Gasteiger charge is -2.31. The molecule has 2 N–H and O–H groups in total. The van der Waals surface area contributed by atoms with Gasteiger partial charge in [-0.15, -0.1) is 0 Å². The fraction of sp³-hybridized carbons (Fsp3) is 0.727. The maximum atomic E-state index is 6.30. The molecule has 0 atom stereocenters. The average Bonchev–Trinajstić information content (AvgIpc) is 2.72. The minimum atomic E-state index is 0.000787. The van der Waals surface area contributed by atoms with Gasteiger partial charge in [-0.3, -0.25) is 4.68 Å². The molecule has 78 valence electrons. The zero-order chi connectivity index (χ0) is 10.6. The number of nitrogens with two attached hydrogens (primary N) is 1. The summed E-state index contributed by atoms with van der Waals surface area (Å²) in [6.07, 6.45) is 4.37. The van der Waals surface area contributed by atoms with Crippen LogP contribution in [0.1, 0.15) is 37.9 Å². The molecule has 0 saturated heterocycles. The van der Waals surface area contributed by atoms with Crippen molar-refractivity contribution < 1.29 is 0 Å². The van der Waals surface area contributed by atoms with Crippen LogP contribution in [0.2, 0.25) is 0 Å². The van der Waals surface area contributed by atoms with Crippen LogP contribution < -0.4 is 5.73 Å². The second-order valence-corrected chi connectivity index (χ2v) is 5.08. The summed E-state index contributed by atoms with van der Waals surface area (Å²) in [5.41, 5.74) is 8.74. The molecule has 2 rings (SSSR count). The molecule has 1 heterocycles. The lowest BCUT2D eigenvalue weighted by atomic mass is 9.76. The maximum Gasteiger partial charge on any atom is 0.0631 e. The van der Waals surface area contributed by atoms with Crippen molar-refractivity contribution in [3.05, 3.63) is 17.5 Å². The normalized spacial score (nSPS) is 19.8. The molecule has 1 fully saturated rings. The SMILES string of the molecule is Cc1nn(C)cc1C(C)(C)C1(N)CC1. The van der Waals surface area contributed by atoms with Gasteiger partial charge in [-0.25, -0.2) is 0 Å². The van der Waals surface area contributed by atoms with Crippen molar-refractivity contribution in [3.63, 3.8) is 0 Å². The molecule has 0 aliphatic heterocycles. The summed E-state index contributed by atoms with van der Waals surface area (Å²) in [6, 6.07) is 0. The largest absolute Gasteiger partial charge is 0.324 e. The third kappa shape index (κ3) is 1.19. The first-order valence-electron chi connectivity index (χ1n) is 5.16. The van der Waals surface area contributed by atoms with E-state index in [9.17, 15) is 0 Å². The summed E-state index contributed by atoms with van der Waals surface area (Å²) in [6.45, 7) is 6.51. The Morgan fingerprint density at radius 3 is 2.43 bits per heavy atom. The molecule has 1 aromatic heterocycles. The van der Waals surface area contributed by atoms with E-state index in [1.54, 1.807) is 0 Å². The summed E-state index contributed by atoms with van der Waals surface area (Å²) < 4.78 is 1.87. The summed E-state index contributed by atoms with van der Waals surface area (Å²) in [5.74, 6) is 0. The topological polar surface area (TPSA) is 43.8 Å². The smallest absolute Gasteiger partial charge is 0.0631 e. The predicted molar refractivity (Wildman–Crippen MR) is 57.1 cm³/mol. The van der Waals surface area contributed by atoms with E-state index in [-0.39, 0.29) is 11.0 Å². The highest BCUT2D eigenvalue weighted by Gasteiger charge is 2.52. The minimum Gasteiger partial charge on any atom is -0.324 e. The Kier molecular flexibility index (Phi) is 1.80. The van der Waals surface area contributed by atoms with Gasteiger partial charge in [-0.2, -0.15) is 5.10 Å². The van der Waals surface area contributed by atoms with Gasteiger partial charge in [0.25, 0.3) is 0 Å². The summed E-state index contributed by atoms with van der Waals surface area (Å²) in [7, 11) is 1.96. The molecule has 0 amide bonds. The molecule has 1 aromatic rings. The third-order valence-corrected chi connectivity index (χ3v) is 3.72. The first-order valence-corrected chi connectivity index (χ1v) is 5.16. The van der Waals surface area contributed by atoms with Crippen LogP contribution in [0.3, 0.4) is 0 Å². The molecular formula is C11H19N3. The van der Waals surface area contributed by atoms with Crippen molar-refractivity contribution in [1.29, 1.82) is 0 Å². The van der Waals surface area contributed by atoms with Crippen LogP contribution in [-0.4, -0.2) is 15.3 Å². The van der Waals surface area contributed by atoms with E-state index in [4.69, 9.17) is 5.73 Å². The summed E-state index contributed by atoms with van der Waals surface area (Å²) in [4.78, 5) is 0. The first kappa shape index (κ1) is 9.71. The third-order valence-electron chi connectivity index (χ3n) is 3.72. The van der Waals surface area contributed by atoms with Gasteiger partial charge in [0, 0.05) is 29.8 Å². The van der Waals surface area contributed by atoms with Gasteiger partial charge in [-0.05, 0) is 19.8 Å². The van der Waals surface area contributed by atoms with Crippen molar-refractivity contribution in [1.82, 2.24) is 9.78 Å². The number of aromatic nitrogens is 2. The lowest BCUT2D eigenvalue weighted by molar-refractivity contribution is 0.389. The van der Waals surface area contributed by atoms with E-state index in [1.165, 1.54) is 5.56 Å². The second kappa shape index (κ2) is 2.60. The van der Waals surface area contributed by atoms with Crippen molar-refractivity contribution in [3.8, 4) is 0 Å². The summed E-state index contributed by atoms with van der Waals surface area (Å²) in [5, 5.41) is 4.38. The van der Waals surface area contributed by atoms with E-state index >= 15 is 0 Å². The average molecular weight is 193 g/mol. The second-order valence-electron chi connectivity index (χ2n) is 5.08. The van der Waals surface area contributed by atoms with Gasteiger partial charge in [0.05, 0.1) is 5.69 Å². The molecular weight excluding hydrogens is 174 g/mol. The lowest BCUT2D eigenvalue weighted by Crippen LogP contribution is -2.43. The predicted octanol–water partition coefficient (Wildman–Crippen LogP) is 1.50. The molecule has 14 heavy (non-hydrogen) atoms. The van der Waals surface area contributed by atoms with Gasteiger partial charge >= 0.3 is 0 Å². The summed E-state index contributed by atoms with van der Waals surface area (Å²) >= 11 is 0. The molecule has 0 aromatic carbocycles. The number of hydrogen-bond acceptors (Lipinski definition) is 2. The fourth-order valence-corrected chi connectivity index (χ4v) is 2.24. The highest BCUT2D eigenvalue weighted by atomic mass is 15.3. The number of aryl methyl sites for hydroxylation is 2. The molecule has 0 spiro atoms. The molecule has 1 aliphatic rings. The standard InChI is InChI=1S/C11H19N3/c1-8-9(7-14(4)13-8)10(2,3)11(12)5-6-11/h7H,5-6,12H2,1-4H3. The van der Waals surface area contributed by atoms with E-state index in [1.807, 2.05) is 11.7 Å². The highest BCUT2D eigenvalue weighted by Crippen LogP contribution is 2.49. The highest BCUT2D eigenvalue weighted by molar-refractivity contribution is 5.33. The zero-order valence-electron chi connectivity index (χ0n) is 9.46. The first-order chi connectivity index (χ1) is 6.37. The van der Waals surface area contributed by atoms with Gasteiger partial charge in [0.1, 0.15) is 0 Å². The van der Waals surface area contributed by atoms with Crippen molar-refractivity contribution in [2.24, 2.45) is 12.8 Å². The van der Waals surface area contributed by atoms with E-state index in [0.717, 1.165) is 18.5 Å². The Labute approximate surface area is 85.3 Å². The Bertz CT molecular complexity index is 359. The zero-order valence-corrected chi connectivity index (χ0v) is 9.46. The van der Waals surface area contributed by atoms with Gasteiger partial charge in [-0.1, -0.05) is 13.8 Å². The number of hydrogen-bond donors (Lipinski definition) is 1. The Morgan fingerprint density at radius 2 is 2.07 bits per heavy atom. The van der Waals surface area contributed by atoms with Gasteiger partial charge < -0.3 is 5.73 Å². The minimum absolute atomic E-state index is 0.000787. The van der Waals surface area contributed by atoms with E-state index < -0.39 is 0 Å². The van der Waals surface area contributed by atoms with Crippen LogP contribution in [0.25, 0.3) is 0 Å². The van der Waals surface area contributed by atoms with Crippen LogP contribution in [0.15, 0.2) is 6.20 Å². The Balaban J connectivity index is 2.43. The molecule has 1 aliphatic carbocycles. The van der Waals surface area contributed by atoms with Crippen LogP contribution in [0, 0.1) is 6.92 Å². The van der Waals surface area contributed by atoms with Crippen molar-refractivity contribution in [2.45, 2.75) is 44.6 Å². The molecule has 3 heteroatoms. The quantitative estimate of drug-likeness (QED) is 0.773. The number of rotatable bonds is 2. The maximum absolute atomic E-state index is 6.30. The van der Waals surface area contributed by atoms with Crippen LogP contribution >= 0.6 is 0 Å². The molecule has 0 radical (unpaired) electrons. The van der Waals surface area contributed by atoms with E-state index in [0.29, 0.717) is 0 Å². The monoisotopic (exact) mass is 193 g/mol. The van der Waals surface area contributed by atoms with Crippen LogP contribution in [0.5, 0.6) is 0 Å².